The van der Waals surface area contributed by atoms with Gasteiger partial charge in [0.15, 0.2) is 18.9 Å². The van der Waals surface area contributed by atoms with Gasteiger partial charge in [-0.3, -0.25) is 4.79 Å². The van der Waals surface area contributed by atoms with Gasteiger partial charge in [0.1, 0.15) is 91.6 Å². The van der Waals surface area contributed by atoms with E-state index in [1.54, 1.807) is 0 Å². The molecule has 4 saturated heterocycles. The van der Waals surface area contributed by atoms with E-state index in [9.17, 15) is 71.2 Å². The Kier molecular flexibility index (Phi) is 14.5. The summed E-state index contributed by atoms with van der Waals surface area (Å²) in [5.74, 6) is -0.750. The maximum absolute atomic E-state index is 14.3. The van der Waals surface area contributed by atoms with Gasteiger partial charge in [-0.1, -0.05) is 19.9 Å². The molecular formula is C44H70O22. The molecule has 8 rings (SSSR count). The number of ether oxygens (including phenoxy) is 8. The Morgan fingerprint density at radius 2 is 1.12 bits per heavy atom. The third-order valence-corrected chi connectivity index (χ3v) is 17.0. The Balaban J connectivity index is 1.06. The summed E-state index contributed by atoms with van der Waals surface area (Å²) in [5, 5.41) is 137. The largest absolute Gasteiger partial charge is 0.432 e. The first kappa shape index (κ1) is 50.8. The van der Waals surface area contributed by atoms with E-state index in [0.717, 1.165) is 12.0 Å². The van der Waals surface area contributed by atoms with Gasteiger partial charge in [-0.2, -0.15) is 0 Å². The molecule has 378 valence electrons. The van der Waals surface area contributed by atoms with Crippen LogP contribution in [0.2, 0.25) is 0 Å². The molecule has 4 aliphatic heterocycles. The van der Waals surface area contributed by atoms with Crippen molar-refractivity contribution in [2.45, 2.75) is 207 Å². The van der Waals surface area contributed by atoms with E-state index in [1.165, 1.54) is 6.92 Å². The second kappa shape index (κ2) is 18.9. The quantitative estimate of drug-likeness (QED) is 0.0532. The van der Waals surface area contributed by atoms with Crippen LogP contribution in [0.1, 0.15) is 78.6 Å². The normalized spacial score (nSPS) is 55.2. The van der Waals surface area contributed by atoms with Gasteiger partial charge in [-0.05, 0) is 93.5 Å². The third-order valence-electron chi connectivity index (χ3n) is 17.0. The summed E-state index contributed by atoms with van der Waals surface area (Å²) in [6.07, 6.45) is -27.4. The van der Waals surface area contributed by atoms with Crippen molar-refractivity contribution < 1.29 is 109 Å². The number of fused-ring (bicyclic) bond motifs is 3. The summed E-state index contributed by atoms with van der Waals surface area (Å²) in [4.78, 5) is 14.3. The molecule has 13 N–H and O–H groups in total. The number of hydrogen-bond acceptors (Lipinski definition) is 22. The standard InChI is InChI=1S/C44H70O22/c1-17-12-43-10-6-22-41(3,8-5-9-42(22,4)40(58)65-38-33(57)30(54)26(50)20(14-46)61-38)23(43)7-11-44(17,16-43)66-39-35(64-36-31(55)28(52)24(48)18(2)59-36)34(27(51)21(15-47)62-39)63-37-32(56)29(53)25(49)19(13-45)60-37/h18-39,45-57H,1,5-16H2,2-4H3/t18-,19+,20+,21+,22-,23-,24-,25+,26+,27+,28+,29-,30-,31+,32+,33+,34-,35+,36-,37-,38-,39-,41+,42+,43+,44-/m1/s1. The third kappa shape index (κ3) is 8.30. The van der Waals surface area contributed by atoms with E-state index in [4.69, 9.17) is 37.9 Å². The average molecular weight is 951 g/mol. The zero-order chi connectivity index (χ0) is 48.0. The molecule has 1 spiro atoms. The second-order valence-corrected chi connectivity index (χ2v) is 20.8. The fraction of sp³-hybridized carbons (Fsp3) is 0.932. The molecule has 22 heteroatoms. The molecule has 2 bridgehead atoms. The highest BCUT2D eigenvalue weighted by atomic mass is 16.8. The molecule has 0 unspecified atom stereocenters. The molecule has 4 aliphatic carbocycles. The second-order valence-electron chi connectivity index (χ2n) is 20.8. The highest BCUT2D eigenvalue weighted by Gasteiger charge is 2.70. The number of hydrogen-bond donors (Lipinski definition) is 13. The predicted octanol–water partition coefficient (Wildman–Crippen LogP) is -4.09. The molecule has 8 fully saturated rings. The van der Waals surface area contributed by atoms with Crippen LogP contribution in [0, 0.1) is 28.1 Å². The summed E-state index contributed by atoms with van der Waals surface area (Å²) >= 11 is 0. The molecule has 22 nitrogen and oxygen atoms in total. The van der Waals surface area contributed by atoms with Gasteiger partial charge in [0.05, 0.1) is 36.9 Å². The average Bonchev–Trinajstić information content (AvgIpc) is 3.48. The highest BCUT2D eigenvalue weighted by molar-refractivity contribution is 5.77. The molecule has 66 heavy (non-hydrogen) atoms. The SMILES string of the molecule is C=C1C[C@]23CC[C@@H]4[C@](C)(CCC[C@]4(C)C(=O)O[C@H]4O[C@@H](CO)[C@H](O)[C@@H](O)[C@@H]4O)[C@H]2CC[C@@]1(O[C@H]1O[C@@H](CO)[C@H](O)[C@@H](O[C@H]2O[C@@H](CO)[C@H](O)[C@@H](O)[C@@H]2O)[C@@H]1O[C@H]1O[C@H](C)[C@@H](O)[C@H](O)[C@@H]1O)C3. The lowest BCUT2D eigenvalue weighted by Gasteiger charge is -2.64. The molecule has 8 aliphatic rings. The van der Waals surface area contributed by atoms with E-state index >= 15 is 0 Å². The van der Waals surface area contributed by atoms with Gasteiger partial charge >= 0.3 is 5.97 Å². The van der Waals surface area contributed by atoms with Crippen molar-refractivity contribution >= 4 is 5.97 Å². The Bertz CT molecular complexity index is 1740. The maximum atomic E-state index is 14.3. The molecule has 4 saturated carbocycles. The van der Waals surface area contributed by atoms with E-state index < -0.39 is 165 Å². The van der Waals surface area contributed by atoms with E-state index in [2.05, 4.69) is 13.5 Å². The van der Waals surface area contributed by atoms with Crippen LogP contribution in [-0.4, -0.2) is 221 Å². The topological polar surface area (TPSA) is 354 Å². The lowest BCUT2D eigenvalue weighted by atomic mass is 9.41. The zero-order valence-electron chi connectivity index (χ0n) is 37.4. The van der Waals surface area contributed by atoms with Gasteiger partial charge in [0, 0.05) is 0 Å². The Hall–Kier alpha value is -1.59. The van der Waals surface area contributed by atoms with Crippen LogP contribution in [0.3, 0.4) is 0 Å². The fourth-order valence-electron chi connectivity index (χ4n) is 13.4. The number of carbonyl (C=O) groups is 1. The molecule has 4 heterocycles. The number of rotatable bonds is 11. The van der Waals surface area contributed by atoms with Crippen LogP contribution >= 0.6 is 0 Å². The molecule has 0 radical (unpaired) electrons. The first-order valence-electron chi connectivity index (χ1n) is 23.2. The summed E-state index contributed by atoms with van der Waals surface area (Å²) in [6.45, 7) is 7.77. The lowest BCUT2D eigenvalue weighted by Crippen LogP contribution is -2.67. The molecule has 0 aromatic carbocycles. The van der Waals surface area contributed by atoms with Gasteiger partial charge < -0.3 is 104 Å². The zero-order valence-corrected chi connectivity index (χ0v) is 37.4. The Labute approximate surface area is 381 Å². The first-order chi connectivity index (χ1) is 31.1. The van der Waals surface area contributed by atoms with Crippen LogP contribution in [0.25, 0.3) is 0 Å². The Morgan fingerprint density at radius 1 is 0.606 bits per heavy atom. The summed E-state index contributed by atoms with van der Waals surface area (Å²) in [5.41, 5.74) is -2.19. The van der Waals surface area contributed by atoms with Crippen LogP contribution in [0.15, 0.2) is 12.2 Å². The van der Waals surface area contributed by atoms with Crippen LogP contribution in [0.4, 0.5) is 0 Å². The van der Waals surface area contributed by atoms with Crippen molar-refractivity contribution in [2.24, 2.45) is 28.1 Å². The first-order valence-corrected chi connectivity index (χ1v) is 23.2. The molecular weight excluding hydrogens is 880 g/mol. The van der Waals surface area contributed by atoms with Crippen LogP contribution < -0.4 is 0 Å². The number of aliphatic hydroxyl groups is 13. The van der Waals surface area contributed by atoms with Crippen molar-refractivity contribution in [3.05, 3.63) is 12.2 Å². The van der Waals surface area contributed by atoms with E-state index in [1.807, 2.05) is 6.92 Å². The van der Waals surface area contributed by atoms with Crippen LogP contribution in [0.5, 0.6) is 0 Å². The van der Waals surface area contributed by atoms with E-state index in [-0.39, 0.29) is 17.3 Å². The van der Waals surface area contributed by atoms with Crippen molar-refractivity contribution in [1.82, 2.24) is 0 Å². The van der Waals surface area contributed by atoms with Crippen molar-refractivity contribution in [3.8, 4) is 0 Å². The number of carbonyl (C=O) groups excluding carboxylic acids is 1. The monoisotopic (exact) mass is 950 g/mol. The van der Waals surface area contributed by atoms with Crippen LogP contribution in [-0.2, 0) is 42.7 Å². The molecule has 0 amide bonds. The molecule has 26 atom stereocenters. The highest BCUT2D eigenvalue weighted by Crippen LogP contribution is 2.73. The van der Waals surface area contributed by atoms with Gasteiger partial charge in [-0.25, -0.2) is 0 Å². The molecule has 0 aromatic heterocycles. The van der Waals surface area contributed by atoms with Crippen molar-refractivity contribution in [3.63, 3.8) is 0 Å². The minimum absolute atomic E-state index is 0.0493. The maximum Gasteiger partial charge on any atom is 0.314 e. The van der Waals surface area contributed by atoms with Gasteiger partial charge in [0.25, 0.3) is 0 Å². The van der Waals surface area contributed by atoms with E-state index in [0.29, 0.717) is 51.4 Å². The summed E-state index contributed by atoms with van der Waals surface area (Å²) in [6, 6.07) is 0. The lowest BCUT2D eigenvalue weighted by molar-refractivity contribution is -0.398. The molecule has 0 aromatic rings. The van der Waals surface area contributed by atoms with Gasteiger partial charge in [0.2, 0.25) is 6.29 Å². The van der Waals surface area contributed by atoms with Crippen molar-refractivity contribution in [1.29, 1.82) is 0 Å². The predicted molar refractivity (Wildman–Crippen MR) is 218 cm³/mol. The smallest absolute Gasteiger partial charge is 0.314 e. The van der Waals surface area contributed by atoms with Gasteiger partial charge in [-0.15, -0.1) is 0 Å². The minimum Gasteiger partial charge on any atom is -0.432 e. The van der Waals surface area contributed by atoms with Crippen molar-refractivity contribution in [2.75, 3.05) is 19.8 Å². The fourth-order valence-corrected chi connectivity index (χ4v) is 13.4. The Morgan fingerprint density at radius 3 is 1.74 bits per heavy atom. The number of aliphatic hydroxyl groups excluding tert-OH is 13. The summed E-state index contributed by atoms with van der Waals surface area (Å²) in [7, 11) is 0. The minimum atomic E-state index is -1.92. The number of esters is 1. The summed E-state index contributed by atoms with van der Waals surface area (Å²) < 4.78 is 48.4.